The maximum absolute atomic E-state index is 12.5. The summed E-state index contributed by atoms with van der Waals surface area (Å²) >= 11 is 0. The summed E-state index contributed by atoms with van der Waals surface area (Å²) in [6.45, 7) is 1.55. The molecular formula is C14H18N6O2. The molecule has 1 aromatic carbocycles. The molecule has 0 radical (unpaired) electrons. The Morgan fingerprint density at radius 1 is 1.27 bits per heavy atom. The highest BCUT2D eigenvalue weighted by molar-refractivity contribution is 5.97. The van der Waals surface area contributed by atoms with Crippen LogP contribution in [0.1, 0.15) is 12.8 Å². The average Bonchev–Trinajstić information content (AvgIpc) is 3.10. The summed E-state index contributed by atoms with van der Waals surface area (Å²) in [4.78, 5) is 12.5. The van der Waals surface area contributed by atoms with Crippen molar-refractivity contribution < 1.29 is 9.53 Å². The summed E-state index contributed by atoms with van der Waals surface area (Å²) in [6.07, 6.45) is 1.33. The molecule has 3 N–H and O–H groups in total. The molecule has 22 heavy (non-hydrogen) atoms. The standard InChI is InChI=1S/C14H18N6O2/c1-22-14(6-8-15-9-7-14)13(21)16-11-4-2-10(3-5-11)12-17-19-20-18-12/h2-5,15H,6-9H2,1H3,(H,16,21)(H,17,18,19,20). The third-order valence-electron chi connectivity index (χ3n) is 3.96. The van der Waals surface area contributed by atoms with E-state index in [2.05, 4.69) is 31.3 Å². The molecule has 3 rings (SSSR count). The fourth-order valence-electron chi connectivity index (χ4n) is 2.59. The lowest BCUT2D eigenvalue weighted by Gasteiger charge is -2.34. The zero-order chi connectivity index (χ0) is 15.4. The highest BCUT2D eigenvalue weighted by Gasteiger charge is 2.39. The number of carbonyl (C=O) groups is 1. The minimum absolute atomic E-state index is 0.108. The Kier molecular flexibility index (Phi) is 4.12. The molecule has 2 heterocycles. The highest BCUT2D eigenvalue weighted by atomic mass is 16.5. The molecule has 8 nitrogen and oxygen atoms in total. The van der Waals surface area contributed by atoms with Gasteiger partial charge in [-0.3, -0.25) is 4.79 Å². The molecule has 1 aromatic heterocycles. The van der Waals surface area contributed by atoms with Crippen LogP contribution in [0.3, 0.4) is 0 Å². The van der Waals surface area contributed by atoms with Crippen LogP contribution in [-0.4, -0.2) is 52.3 Å². The van der Waals surface area contributed by atoms with E-state index in [1.165, 1.54) is 0 Å². The second-order valence-corrected chi connectivity index (χ2v) is 5.22. The lowest BCUT2D eigenvalue weighted by atomic mass is 9.91. The van der Waals surface area contributed by atoms with Crippen molar-refractivity contribution in [3.63, 3.8) is 0 Å². The van der Waals surface area contributed by atoms with Crippen molar-refractivity contribution in [3.8, 4) is 11.4 Å². The normalized spacial score (nSPS) is 17.1. The molecule has 2 aromatic rings. The number of aromatic nitrogens is 4. The van der Waals surface area contributed by atoms with Gasteiger partial charge in [0.15, 0.2) is 0 Å². The Labute approximate surface area is 127 Å². The van der Waals surface area contributed by atoms with Gasteiger partial charge < -0.3 is 15.4 Å². The minimum Gasteiger partial charge on any atom is -0.368 e. The summed E-state index contributed by atoms with van der Waals surface area (Å²) in [5, 5.41) is 19.9. The van der Waals surface area contributed by atoms with Gasteiger partial charge in [0.2, 0.25) is 5.82 Å². The Hall–Kier alpha value is -2.32. The third kappa shape index (κ3) is 2.83. The number of aromatic amines is 1. The topological polar surface area (TPSA) is 105 Å². The summed E-state index contributed by atoms with van der Waals surface area (Å²) in [7, 11) is 1.59. The Morgan fingerprint density at radius 2 is 2.00 bits per heavy atom. The number of benzene rings is 1. The molecule has 1 amide bonds. The van der Waals surface area contributed by atoms with Gasteiger partial charge in [-0.1, -0.05) is 0 Å². The SMILES string of the molecule is COC1(C(=O)Nc2ccc(-c3nn[nH]n3)cc2)CCNCC1. The van der Waals surface area contributed by atoms with Gasteiger partial charge in [-0.15, -0.1) is 10.2 Å². The predicted octanol–water partition coefficient (Wildman–Crippen LogP) is 0.574. The lowest BCUT2D eigenvalue weighted by molar-refractivity contribution is -0.140. The molecule has 0 aliphatic carbocycles. The van der Waals surface area contributed by atoms with Crippen molar-refractivity contribution in [1.82, 2.24) is 25.9 Å². The van der Waals surface area contributed by atoms with E-state index >= 15 is 0 Å². The number of methoxy groups -OCH3 is 1. The van der Waals surface area contributed by atoms with E-state index in [0.717, 1.165) is 18.7 Å². The summed E-state index contributed by atoms with van der Waals surface area (Å²) in [5.74, 6) is 0.411. The van der Waals surface area contributed by atoms with Crippen molar-refractivity contribution in [2.45, 2.75) is 18.4 Å². The molecule has 0 saturated carbocycles. The summed E-state index contributed by atoms with van der Waals surface area (Å²) in [6, 6.07) is 7.30. The Bertz CT molecular complexity index is 619. The van der Waals surface area contributed by atoms with E-state index in [1.807, 2.05) is 24.3 Å². The first-order valence-corrected chi connectivity index (χ1v) is 7.15. The first-order valence-electron chi connectivity index (χ1n) is 7.15. The van der Waals surface area contributed by atoms with Crippen molar-refractivity contribution in [2.24, 2.45) is 0 Å². The van der Waals surface area contributed by atoms with E-state index < -0.39 is 5.60 Å². The number of ether oxygens (including phenoxy) is 1. The van der Waals surface area contributed by atoms with Crippen LogP contribution in [0.2, 0.25) is 0 Å². The molecule has 0 bridgehead atoms. The van der Waals surface area contributed by atoms with E-state index in [4.69, 9.17) is 4.74 Å². The van der Waals surface area contributed by atoms with E-state index in [1.54, 1.807) is 7.11 Å². The summed E-state index contributed by atoms with van der Waals surface area (Å²) in [5.41, 5.74) is 0.791. The average molecular weight is 302 g/mol. The zero-order valence-electron chi connectivity index (χ0n) is 12.3. The smallest absolute Gasteiger partial charge is 0.256 e. The number of rotatable bonds is 4. The number of hydrogen-bond acceptors (Lipinski definition) is 6. The summed E-state index contributed by atoms with van der Waals surface area (Å²) < 4.78 is 5.51. The van der Waals surface area contributed by atoms with Crippen molar-refractivity contribution in [2.75, 3.05) is 25.5 Å². The number of nitrogens with one attached hydrogen (secondary N) is 3. The van der Waals surface area contributed by atoms with Crippen LogP contribution in [0.5, 0.6) is 0 Å². The van der Waals surface area contributed by atoms with Gasteiger partial charge in [-0.05, 0) is 55.4 Å². The number of amides is 1. The van der Waals surface area contributed by atoms with Crippen LogP contribution in [0.4, 0.5) is 5.69 Å². The van der Waals surface area contributed by atoms with E-state index in [-0.39, 0.29) is 5.91 Å². The number of H-pyrrole nitrogens is 1. The molecule has 1 aliphatic rings. The van der Waals surface area contributed by atoms with Crippen molar-refractivity contribution in [3.05, 3.63) is 24.3 Å². The quantitative estimate of drug-likeness (QED) is 0.763. The number of carbonyl (C=O) groups excluding carboxylic acids is 1. The number of tetrazole rings is 1. The molecule has 1 saturated heterocycles. The van der Waals surface area contributed by atoms with Crippen LogP contribution < -0.4 is 10.6 Å². The van der Waals surface area contributed by atoms with E-state index in [0.29, 0.717) is 24.4 Å². The third-order valence-corrected chi connectivity index (χ3v) is 3.96. The molecule has 0 atom stereocenters. The monoisotopic (exact) mass is 302 g/mol. The molecule has 0 unspecified atom stereocenters. The molecule has 8 heteroatoms. The predicted molar refractivity (Wildman–Crippen MR) is 80.1 cm³/mol. The maximum Gasteiger partial charge on any atom is 0.256 e. The van der Waals surface area contributed by atoms with E-state index in [9.17, 15) is 4.79 Å². The maximum atomic E-state index is 12.5. The minimum atomic E-state index is -0.752. The first-order chi connectivity index (χ1) is 10.7. The highest BCUT2D eigenvalue weighted by Crippen LogP contribution is 2.25. The molecule has 1 aliphatic heterocycles. The Balaban J connectivity index is 1.71. The van der Waals surface area contributed by atoms with Gasteiger partial charge >= 0.3 is 0 Å². The zero-order valence-corrected chi connectivity index (χ0v) is 12.3. The second-order valence-electron chi connectivity index (χ2n) is 5.22. The second kappa shape index (κ2) is 6.20. The van der Waals surface area contributed by atoms with Crippen LogP contribution in [0, 0.1) is 0 Å². The van der Waals surface area contributed by atoms with Crippen LogP contribution in [0.15, 0.2) is 24.3 Å². The number of piperidine rings is 1. The van der Waals surface area contributed by atoms with Crippen LogP contribution >= 0.6 is 0 Å². The van der Waals surface area contributed by atoms with Crippen LogP contribution in [0.25, 0.3) is 11.4 Å². The fraction of sp³-hybridized carbons (Fsp3) is 0.429. The molecule has 0 spiro atoms. The van der Waals surface area contributed by atoms with Gasteiger partial charge in [0.25, 0.3) is 5.91 Å². The molecular weight excluding hydrogens is 284 g/mol. The molecule has 116 valence electrons. The number of anilines is 1. The first kappa shape index (κ1) is 14.6. The van der Waals surface area contributed by atoms with Crippen molar-refractivity contribution >= 4 is 11.6 Å². The van der Waals surface area contributed by atoms with Gasteiger partial charge in [0.05, 0.1) is 0 Å². The largest absolute Gasteiger partial charge is 0.368 e. The van der Waals surface area contributed by atoms with Gasteiger partial charge in [-0.2, -0.15) is 5.21 Å². The lowest BCUT2D eigenvalue weighted by Crippen LogP contribution is -2.51. The van der Waals surface area contributed by atoms with Gasteiger partial charge in [0.1, 0.15) is 5.60 Å². The number of nitrogens with zero attached hydrogens (tertiary/aromatic N) is 3. The molecule has 1 fully saturated rings. The van der Waals surface area contributed by atoms with Crippen LogP contribution in [-0.2, 0) is 9.53 Å². The van der Waals surface area contributed by atoms with Gasteiger partial charge in [0, 0.05) is 18.4 Å². The Morgan fingerprint density at radius 3 is 2.59 bits per heavy atom. The number of hydrogen-bond donors (Lipinski definition) is 3. The fourth-order valence-corrected chi connectivity index (χ4v) is 2.59. The van der Waals surface area contributed by atoms with Gasteiger partial charge in [-0.25, -0.2) is 0 Å². The van der Waals surface area contributed by atoms with Crippen molar-refractivity contribution in [1.29, 1.82) is 0 Å².